The van der Waals surface area contributed by atoms with E-state index in [9.17, 15) is 18.0 Å². The van der Waals surface area contributed by atoms with Gasteiger partial charge in [0.15, 0.2) is 0 Å². The molecule has 0 radical (unpaired) electrons. The number of fused-ring (bicyclic) bond motifs is 1. The van der Waals surface area contributed by atoms with E-state index in [-0.39, 0.29) is 26.4 Å². The van der Waals surface area contributed by atoms with Gasteiger partial charge in [0.1, 0.15) is 18.2 Å². The zero-order valence-electron chi connectivity index (χ0n) is 21.9. The first kappa shape index (κ1) is 28.8. The minimum absolute atomic E-state index is 0.0453. The number of benzene rings is 2. The molecule has 0 aliphatic carbocycles. The second-order valence-electron chi connectivity index (χ2n) is 8.79. The van der Waals surface area contributed by atoms with Gasteiger partial charge in [-0.25, -0.2) is 4.98 Å². The normalized spacial score (nSPS) is 11.6. The molecule has 0 spiro atoms. The number of anilines is 1. The maximum Gasteiger partial charge on any atom is 0.471 e. The molecular weight excluding hydrogens is 527 g/mol. The highest BCUT2D eigenvalue weighted by Gasteiger charge is 2.38. The number of ether oxygens (including phenoxy) is 3. The lowest BCUT2D eigenvalue weighted by molar-refractivity contribution is -0.173. The molecular formula is C28H30F3N5O4. The summed E-state index contributed by atoms with van der Waals surface area (Å²) in [5.74, 6) is -0.868. The number of halogens is 3. The van der Waals surface area contributed by atoms with Crippen molar-refractivity contribution in [2.45, 2.75) is 19.5 Å². The Kier molecular flexibility index (Phi) is 9.56. The number of carbonyl (C=O) groups is 1. The summed E-state index contributed by atoms with van der Waals surface area (Å²) in [6, 6.07) is 13.7. The average molecular weight is 558 g/mol. The summed E-state index contributed by atoms with van der Waals surface area (Å²) in [7, 11) is 0. The van der Waals surface area contributed by atoms with Gasteiger partial charge in [-0.1, -0.05) is 25.1 Å². The van der Waals surface area contributed by atoms with E-state index in [1.165, 1.54) is 0 Å². The predicted octanol–water partition coefficient (Wildman–Crippen LogP) is 4.53. The fourth-order valence-corrected chi connectivity index (χ4v) is 4.21. The van der Waals surface area contributed by atoms with Gasteiger partial charge in [0, 0.05) is 29.3 Å². The molecule has 0 unspecified atom stereocenters. The lowest BCUT2D eigenvalue weighted by Gasteiger charge is -2.16. The molecule has 0 aliphatic rings. The zero-order valence-corrected chi connectivity index (χ0v) is 21.9. The fourth-order valence-electron chi connectivity index (χ4n) is 4.21. The van der Waals surface area contributed by atoms with Crippen LogP contribution in [-0.4, -0.2) is 66.8 Å². The summed E-state index contributed by atoms with van der Waals surface area (Å²) < 4.78 is 52.5. The Morgan fingerprint density at radius 3 is 2.40 bits per heavy atom. The molecule has 2 aromatic carbocycles. The Bertz CT molecular complexity index is 1420. The molecule has 4 aromatic rings. The van der Waals surface area contributed by atoms with E-state index in [1.807, 2.05) is 42.6 Å². The van der Waals surface area contributed by atoms with E-state index < -0.39 is 12.1 Å². The highest BCUT2D eigenvalue weighted by atomic mass is 19.4. The number of hydrogen-bond donors (Lipinski definition) is 3. The first-order valence-corrected chi connectivity index (χ1v) is 12.7. The SMILES string of the molecule is CCc1c(-c2ccc3[nH]ncc3c2)cnc(N)c1-c1ccc(OCCOCCOCCNC(=O)C(F)(F)F)cc1. The van der Waals surface area contributed by atoms with Crippen LogP contribution in [0.3, 0.4) is 0 Å². The molecule has 9 nitrogen and oxygen atoms in total. The molecule has 12 heteroatoms. The molecule has 2 aromatic heterocycles. The number of nitrogens with one attached hydrogen (secondary N) is 2. The van der Waals surface area contributed by atoms with E-state index in [4.69, 9.17) is 19.9 Å². The lowest BCUT2D eigenvalue weighted by Crippen LogP contribution is -2.38. The first-order valence-electron chi connectivity index (χ1n) is 12.7. The standard InChI is InChI=1S/C28H30F3N5O4/c1-2-22-23(19-5-8-24-20(15-19)16-35-36-24)17-34-26(32)25(22)18-3-6-21(7-4-18)40-14-13-39-12-11-38-10-9-33-27(37)28(29,30)31/h3-8,15-17H,2,9-14H2,1H3,(H2,32,34)(H,33,37)(H,35,36). The largest absolute Gasteiger partial charge is 0.491 e. The molecule has 0 saturated carbocycles. The number of nitrogens with zero attached hydrogens (tertiary/aromatic N) is 2. The zero-order chi connectivity index (χ0) is 28.5. The van der Waals surface area contributed by atoms with Crippen molar-refractivity contribution in [1.29, 1.82) is 0 Å². The highest BCUT2D eigenvalue weighted by Crippen LogP contribution is 2.37. The van der Waals surface area contributed by atoms with Gasteiger partial charge in [-0.3, -0.25) is 9.89 Å². The molecule has 1 amide bonds. The maximum atomic E-state index is 12.1. The second kappa shape index (κ2) is 13.3. The molecule has 0 aliphatic heterocycles. The third kappa shape index (κ3) is 7.27. The van der Waals surface area contributed by atoms with Crippen LogP contribution in [0, 0.1) is 0 Å². The summed E-state index contributed by atoms with van der Waals surface area (Å²) >= 11 is 0. The molecule has 212 valence electrons. The Hall–Kier alpha value is -4.16. The van der Waals surface area contributed by atoms with Gasteiger partial charge in [-0.2, -0.15) is 18.3 Å². The molecule has 4 rings (SSSR count). The summed E-state index contributed by atoms with van der Waals surface area (Å²) in [5.41, 5.74) is 12.3. The average Bonchev–Trinajstić information content (AvgIpc) is 3.41. The molecule has 0 saturated heterocycles. The molecule has 4 N–H and O–H groups in total. The van der Waals surface area contributed by atoms with Crippen LogP contribution in [0.15, 0.2) is 54.9 Å². The van der Waals surface area contributed by atoms with Gasteiger partial charge in [0.25, 0.3) is 0 Å². The number of nitrogens with two attached hydrogens (primary N) is 1. The molecule has 0 bridgehead atoms. The number of aromatic amines is 1. The summed E-state index contributed by atoms with van der Waals surface area (Å²) in [5, 5.41) is 9.81. The Morgan fingerprint density at radius 1 is 0.975 bits per heavy atom. The number of amides is 1. The van der Waals surface area contributed by atoms with Crippen molar-refractivity contribution in [2.24, 2.45) is 0 Å². The van der Waals surface area contributed by atoms with E-state index in [1.54, 1.807) is 11.5 Å². The van der Waals surface area contributed by atoms with Crippen molar-refractivity contribution in [3.63, 3.8) is 0 Å². The number of aromatic nitrogens is 3. The molecule has 2 heterocycles. The van der Waals surface area contributed by atoms with Gasteiger partial charge in [-0.15, -0.1) is 0 Å². The number of alkyl halides is 3. The van der Waals surface area contributed by atoms with E-state index in [0.29, 0.717) is 24.8 Å². The van der Waals surface area contributed by atoms with Gasteiger partial charge < -0.3 is 25.3 Å². The van der Waals surface area contributed by atoms with Gasteiger partial charge in [-0.05, 0) is 47.4 Å². The minimum atomic E-state index is -4.89. The van der Waals surface area contributed by atoms with Crippen molar-refractivity contribution >= 4 is 22.6 Å². The van der Waals surface area contributed by atoms with Crippen molar-refractivity contribution in [1.82, 2.24) is 20.5 Å². The van der Waals surface area contributed by atoms with E-state index >= 15 is 0 Å². The van der Waals surface area contributed by atoms with Crippen molar-refractivity contribution in [3.05, 3.63) is 60.4 Å². The van der Waals surface area contributed by atoms with Crippen molar-refractivity contribution < 1.29 is 32.2 Å². The third-order valence-corrected chi connectivity index (χ3v) is 6.12. The second-order valence-corrected chi connectivity index (χ2v) is 8.79. The number of carbonyl (C=O) groups excluding carboxylic acids is 1. The van der Waals surface area contributed by atoms with Crippen molar-refractivity contribution in [2.75, 3.05) is 45.3 Å². The number of pyridine rings is 1. The summed E-state index contributed by atoms with van der Waals surface area (Å²) in [4.78, 5) is 15.2. The van der Waals surface area contributed by atoms with Gasteiger partial charge in [0.2, 0.25) is 0 Å². The Labute approximate surface area is 228 Å². The van der Waals surface area contributed by atoms with Gasteiger partial charge in [0.05, 0.1) is 38.1 Å². The Morgan fingerprint density at radius 2 is 1.68 bits per heavy atom. The number of rotatable bonds is 13. The monoisotopic (exact) mass is 557 g/mol. The third-order valence-electron chi connectivity index (χ3n) is 6.12. The number of H-pyrrole nitrogens is 1. The molecule has 0 atom stereocenters. The predicted molar refractivity (Wildman–Crippen MR) is 145 cm³/mol. The van der Waals surface area contributed by atoms with Crippen LogP contribution >= 0.6 is 0 Å². The first-order chi connectivity index (χ1) is 19.3. The number of nitrogen functional groups attached to an aromatic ring is 1. The van der Waals surface area contributed by atoms with Crippen LogP contribution in [0.1, 0.15) is 12.5 Å². The Balaban J connectivity index is 1.26. The van der Waals surface area contributed by atoms with Crippen LogP contribution in [0.2, 0.25) is 0 Å². The molecule has 0 fully saturated rings. The highest BCUT2D eigenvalue weighted by molar-refractivity contribution is 5.88. The van der Waals surface area contributed by atoms with Crippen molar-refractivity contribution in [3.8, 4) is 28.0 Å². The van der Waals surface area contributed by atoms with Crippen LogP contribution < -0.4 is 15.8 Å². The number of hydrogen-bond acceptors (Lipinski definition) is 7. The summed E-state index contributed by atoms with van der Waals surface area (Å²) in [6.45, 7) is 2.84. The van der Waals surface area contributed by atoms with Crippen LogP contribution in [0.4, 0.5) is 19.0 Å². The molecule has 40 heavy (non-hydrogen) atoms. The smallest absolute Gasteiger partial charge is 0.471 e. The quantitative estimate of drug-likeness (QED) is 0.206. The van der Waals surface area contributed by atoms with Gasteiger partial charge >= 0.3 is 12.1 Å². The van der Waals surface area contributed by atoms with Crippen LogP contribution in [0.25, 0.3) is 33.2 Å². The van der Waals surface area contributed by atoms with E-state index in [2.05, 4.69) is 28.2 Å². The maximum absolute atomic E-state index is 12.1. The van der Waals surface area contributed by atoms with Crippen LogP contribution in [0.5, 0.6) is 5.75 Å². The van der Waals surface area contributed by atoms with E-state index in [0.717, 1.165) is 45.1 Å². The summed E-state index contributed by atoms with van der Waals surface area (Å²) in [6.07, 6.45) is -0.522. The lowest BCUT2D eigenvalue weighted by atomic mass is 9.91. The topological polar surface area (TPSA) is 124 Å². The van der Waals surface area contributed by atoms with Crippen LogP contribution in [-0.2, 0) is 20.7 Å². The minimum Gasteiger partial charge on any atom is -0.491 e. The fraction of sp³-hybridized carbons (Fsp3) is 0.321.